The summed E-state index contributed by atoms with van der Waals surface area (Å²) >= 11 is 5.84. The number of ether oxygens (including phenoxy) is 2. The quantitative estimate of drug-likeness (QED) is 0.649. The monoisotopic (exact) mass is 333 g/mol. The highest BCUT2D eigenvalue weighted by molar-refractivity contribution is 6.30. The van der Waals surface area contributed by atoms with Crippen molar-refractivity contribution in [2.24, 2.45) is 5.10 Å². The molecule has 6 nitrogen and oxygen atoms in total. The van der Waals surface area contributed by atoms with E-state index in [9.17, 15) is 4.79 Å². The number of hydrazone groups is 1. The Hall–Kier alpha value is -2.73. The van der Waals surface area contributed by atoms with Gasteiger partial charge in [0.1, 0.15) is 0 Å². The van der Waals surface area contributed by atoms with Crippen LogP contribution in [0.1, 0.15) is 5.56 Å². The fourth-order valence-electron chi connectivity index (χ4n) is 1.82. The number of methoxy groups -OCH3 is 2. The molecule has 0 aliphatic carbocycles. The minimum Gasteiger partial charge on any atom is -0.493 e. The Bertz CT molecular complexity index is 719. The van der Waals surface area contributed by atoms with Crippen molar-refractivity contribution >= 4 is 29.5 Å². The molecule has 0 saturated carbocycles. The molecule has 7 heteroatoms. The van der Waals surface area contributed by atoms with Gasteiger partial charge in [0, 0.05) is 10.7 Å². The van der Waals surface area contributed by atoms with Crippen LogP contribution in [0.4, 0.5) is 10.5 Å². The summed E-state index contributed by atoms with van der Waals surface area (Å²) in [7, 11) is 3.11. The number of hydrogen-bond donors (Lipinski definition) is 2. The number of urea groups is 1. The average Bonchev–Trinajstić information content (AvgIpc) is 2.54. The summed E-state index contributed by atoms with van der Waals surface area (Å²) in [6.45, 7) is 0. The number of nitrogens with zero attached hydrogens (tertiary/aromatic N) is 1. The largest absolute Gasteiger partial charge is 0.493 e. The molecule has 0 fully saturated rings. The van der Waals surface area contributed by atoms with E-state index in [1.54, 1.807) is 56.7 Å². The van der Waals surface area contributed by atoms with Crippen LogP contribution in [0, 0.1) is 0 Å². The zero-order chi connectivity index (χ0) is 16.7. The summed E-state index contributed by atoms with van der Waals surface area (Å²) in [5.74, 6) is 1.20. The number of anilines is 1. The van der Waals surface area contributed by atoms with Crippen molar-refractivity contribution < 1.29 is 14.3 Å². The molecular formula is C16H16ClN3O3. The van der Waals surface area contributed by atoms with E-state index in [-0.39, 0.29) is 0 Å². The van der Waals surface area contributed by atoms with E-state index in [2.05, 4.69) is 15.8 Å². The molecule has 2 N–H and O–H groups in total. The van der Waals surface area contributed by atoms with Gasteiger partial charge in [-0.25, -0.2) is 10.2 Å². The number of benzene rings is 2. The highest BCUT2D eigenvalue weighted by Crippen LogP contribution is 2.26. The second-order valence-electron chi connectivity index (χ2n) is 4.45. The van der Waals surface area contributed by atoms with Gasteiger partial charge in [0.25, 0.3) is 0 Å². The first-order valence-corrected chi connectivity index (χ1v) is 7.08. The average molecular weight is 334 g/mol. The zero-order valence-corrected chi connectivity index (χ0v) is 13.4. The van der Waals surface area contributed by atoms with Crippen LogP contribution in [0.25, 0.3) is 0 Å². The van der Waals surface area contributed by atoms with Gasteiger partial charge in [0.05, 0.1) is 20.4 Å². The second-order valence-corrected chi connectivity index (χ2v) is 4.89. The summed E-state index contributed by atoms with van der Waals surface area (Å²) in [6, 6.07) is 11.7. The van der Waals surface area contributed by atoms with Gasteiger partial charge in [0.15, 0.2) is 11.5 Å². The Kier molecular flexibility index (Phi) is 5.82. The molecule has 0 aromatic heterocycles. The Labute approximate surface area is 139 Å². The van der Waals surface area contributed by atoms with Crippen LogP contribution in [-0.4, -0.2) is 26.5 Å². The predicted octanol–water partition coefficient (Wildman–Crippen LogP) is 3.51. The lowest BCUT2D eigenvalue weighted by Crippen LogP contribution is -2.24. The van der Waals surface area contributed by atoms with Crippen molar-refractivity contribution in [3.63, 3.8) is 0 Å². The van der Waals surface area contributed by atoms with Crippen LogP contribution in [0.5, 0.6) is 11.5 Å². The van der Waals surface area contributed by atoms with Gasteiger partial charge in [-0.3, -0.25) is 0 Å². The number of nitrogens with one attached hydrogen (secondary N) is 2. The Morgan fingerprint density at radius 3 is 2.61 bits per heavy atom. The van der Waals surface area contributed by atoms with Gasteiger partial charge >= 0.3 is 6.03 Å². The molecule has 2 amide bonds. The molecule has 0 aliphatic rings. The third-order valence-corrected chi connectivity index (χ3v) is 3.10. The van der Waals surface area contributed by atoms with E-state index in [1.807, 2.05) is 0 Å². The number of hydrogen-bond acceptors (Lipinski definition) is 4. The summed E-state index contributed by atoms with van der Waals surface area (Å²) < 4.78 is 10.3. The van der Waals surface area contributed by atoms with E-state index < -0.39 is 6.03 Å². The van der Waals surface area contributed by atoms with Crippen molar-refractivity contribution in [1.82, 2.24) is 5.43 Å². The zero-order valence-electron chi connectivity index (χ0n) is 12.7. The Morgan fingerprint density at radius 2 is 1.91 bits per heavy atom. The lowest BCUT2D eigenvalue weighted by molar-refractivity contribution is 0.252. The molecule has 0 spiro atoms. The minimum absolute atomic E-state index is 0.469. The van der Waals surface area contributed by atoms with Crippen LogP contribution in [0.2, 0.25) is 5.02 Å². The lowest BCUT2D eigenvalue weighted by atomic mass is 10.2. The highest BCUT2D eigenvalue weighted by Gasteiger charge is 2.03. The molecule has 120 valence electrons. The number of carbonyl (C=O) groups is 1. The summed E-state index contributed by atoms with van der Waals surface area (Å²) in [5.41, 5.74) is 3.70. The van der Waals surface area contributed by atoms with E-state index in [4.69, 9.17) is 21.1 Å². The van der Waals surface area contributed by atoms with E-state index >= 15 is 0 Å². The summed E-state index contributed by atoms with van der Waals surface area (Å²) in [5, 5.41) is 7.03. The summed E-state index contributed by atoms with van der Waals surface area (Å²) in [6.07, 6.45) is 1.50. The maximum atomic E-state index is 11.7. The molecule has 0 saturated heterocycles. The lowest BCUT2D eigenvalue weighted by Gasteiger charge is -2.07. The summed E-state index contributed by atoms with van der Waals surface area (Å²) in [4.78, 5) is 11.7. The molecule has 0 radical (unpaired) electrons. The van der Waals surface area contributed by atoms with Gasteiger partial charge < -0.3 is 14.8 Å². The minimum atomic E-state index is -0.469. The van der Waals surface area contributed by atoms with Crippen LogP contribution in [0.3, 0.4) is 0 Å². The number of amides is 2. The van der Waals surface area contributed by atoms with Gasteiger partial charge in [-0.05, 0) is 42.0 Å². The number of carbonyl (C=O) groups excluding carboxylic acids is 1. The van der Waals surface area contributed by atoms with Crippen molar-refractivity contribution in [3.05, 3.63) is 53.1 Å². The van der Waals surface area contributed by atoms with Crippen molar-refractivity contribution in [1.29, 1.82) is 0 Å². The fraction of sp³-hybridized carbons (Fsp3) is 0.125. The SMILES string of the molecule is COc1ccc(/C=N\NC(=O)Nc2cccc(Cl)c2)cc1OC. The van der Waals surface area contributed by atoms with Crippen LogP contribution in [-0.2, 0) is 0 Å². The maximum absolute atomic E-state index is 11.7. The topological polar surface area (TPSA) is 72.0 Å². The Balaban J connectivity index is 1.94. The van der Waals surface area contributed by atoms with Gasteiger partial charge in [-0.15, -0.1) is 0 Å². The smallest absolute Gasteiger partial charge is 0.339 e. The first-order chi connectivity index (χ1) is 11.1. The van der Waals surface area contributed by atoms with Crippen molar-refractivity contribution in [3.8, 4) is 11.5 Å². The van der Waals surface area contributed by atoms with Crippen LogP contribution in [0.15, 0.2) is 47.6 Å². The molecule has 0 atom stereocenters. The third kappa shape index (κ3) is 4.89. The molecule has 0 heterocycles. The first-order valence-electron chi connectivity index (χ1n) is 6.70. The molecule has 0 unspecified atom stereocenters. The Morgan fingerprint density at radius 1 is 1.13 bits per heavy atom. The van der Waals surface area contributed by atoms with Gasteiger partial charge in [0.2, 0.25) is 0 Å². The molecule has 23 heavy (non-hydrogen) atoms. The second kappa shape index (κ2) is 8.05. The fourth-order valence-corrected chi connectivity index (χ4v) is 2.01. The molecular weight excluding hydrogens is 318 g/mol. The number of rotatable bonds is 5. The predicted molar refractivity (Wildman–Crippen MR) is 90.7 cm³/mol. The molecule has 2 rings (SSSR count). The molecule has 2 aromatic rings. The van der Waals surface area contributed by atoms with Gasteiger partial charge in [-0.2, -0.15) is 5.10 Å². The maximum Gasteiger partial charge on any atom is 0.339 e. The number of halogens is 1. The van der Waals surface area contributed by atoms with Crippen LogP contribution >= 0.6 is 11.6 Å². The molecule has 0 aliphatic heterocycles. The third-order valence-electron chi connectivity index (χ3n) is 2.87. The van der Waals surface area contributed by atoms with Crippen LogP contribution < -0.4 is 20.2 Å². The first kappa shape index (κ1) is 16.6. The van der Waals surface area contributed by atoms with Crippen molar-refractivity contribution in [2.45, 2.75) is 0 Å². The standard InChI is InChI=1S/C16H16ClN3O3/c1-22-14-7-6-11(8-15(14)23-2)10-18-20-16(21)19-13-5-3-4-12(17)9-13/h3-10H,1-2H3,(H2,19,20,21)/b18-10-. The molecule has 2 aromatic carbocycles. The van der Waals surface area contributed by atoms with E-state index in [0.717, 1.165) is 5.56 Å². The van der Waals surface area contributed by atoms with Crippen molar-refractivity contribution in [2.75, 3.05) is 19.5 Å². The molecule has 0 bridgehead atoms. The van der Waals surface area contributed by atoms with E-state index in [0.29, 0.717) is 22.2 Å². The van der Waals surface area contributed by atoms with Gasteiger partial charge in [-0.1, -0.05) is 17.7 Å². The normalized spacial score (nSPS) is 10.4. The highest BCUT2D eigenvalue weighted by atomic mass is 35.5. The van der Waals surface area contributed by atoms with E-state index in [1.165, 1.54) is 6.21 Å².